The van der Waals surface area contributed by atoms with E-state index in [4.69, 9.17) is 9.47 Å². The molecule has 4 rings (SSSR count). The van der Waals surface area contributed by atoms with E-state index in [1.54, 1.807) is 6.07 Å². The van der Waals surface area contributed by atoms with Gasteiger partial charge in [-0.15, -0.1) is 0 Å². The van der Waals surface area contributed by atoms with E-state index in [-0.39, 0.29) is 17.7 Å². The van der Waals surface area contributed by atoms with Gasteiger partial charge in [0.1, 0.15) is 24.3 Å². The van der Waals surface area contributed by atoms with Crippen LogP contribution in [0, 0.1) is 17.2 Å². The van der Waals surface area contributed by atoms with Crippen molar-refractivity contribution in [3.8, 4) is 17.6 Å². The van der Waals surface area contributed by atoms with Gasteiger partial charge < -0.3 is 14.8 Å². The van der Waals surface area contributed by atoms with Crippen molar-refractivity contribution < 1.29 is 14.3 Å². The van der Waals surface area contributed by atoms with Crippen LogP contribution in [0.2, 0.25) is 0 Å². The molecule has 1 aromatic carbocycles. The third-order valence-electron chi connectivity index (χ3n) is 5.36. The standard InChI is InChI=1S/C21H23N3O3S/c1-13-4-2-3-5-16(13)23-20(25)12-28-21-15(11-22)8-14-9-18-19(10-17(14)24-21)27-7-6-26-18/h8-10,13,16H,2-7,12H2,1H3,(H,23,25)/t13-,16-/m0/s1. The molecule has 1 saturated carbocycles. The van der Waals surface area contributed by atoms with E-state index in [0.717, 1.165) is 17.3 Å². The van der Waals surface area contributed by atoms with E-state index in [2.05, 4.69) is 23.3 Å². The number of ether oxygens (including phenoxy) is 2. The van der Waals surface area contributed by atoms with Gasteiger partial charge in [-0.25, -0.2) is 4.98 Å². The first kappa shape index (κ1) is 18.9. The predicted octanol–water partition coefficient (Wildman–Crippen LogP) is 3.66. The third-order valence-corrected chi connectivity index (χ3v) is 6.35. The molecule has 0 radical (unpaired) electrons. The zero-order chi connectivity index (χ0) is 19.5. The van der Waals surface area contributed by atoms with Gasteiger partial charge in [0.25, 0.3) is 0 Å². The van der Waals surface area contributed by atoms with E-state index in [9.17, 15) is 10.1 Å². The molecular weight excluding hydrogens is 374 g/mol. The van der Waals surface area contributed by atoms with Gasteiger partial charge in [-0.3, -0.25) is 4.79 Å². The summed E-state index contributed by atoms with van der Waals surface area (Å²) in [6.45, 7) is 3.22. The zero-order valence-electron chi connectivity index (χ0n) is 15.9. The van der Waals surface area contributed by atoms with Crippen LogP contribution >= 0.6 is 11.8 Å². The first-order chi connectivity index (χ1) is 13.6. The SMILES string of the molecule is C[C@H]1CCCC[C@@H]1NC(=O)CSc1nc2cc3c(cc2cc1C#N)OCCO3. The highest BCUT2D eigenvalue weighted by molar-refractivity contribution is 8.00. The molecule has 1 N–H and O–H groups in total. The Bertz CT molecular complexity index is 941. The number of thioether (sulfide) groups is 1. The second kappa shape index (κ2) is 8.27. The van der Waals surface area contributed by atoms with Gasteiger partial charge in [0.15, 0.2) is 11.5 Å². The normalized spacial score (nSPS) is 21.1. The second-order valence-corrected chi connectivity index (χ2v) is 8.33. The van der Waals surface area contributed by atoms with Gasteiger partial charge in [-0.05, 0) is 30.9 Å². The molecule has 1 aliphatic carbocycles. The van der Waals surface area contributed by atoms with Crippen LogP contribution < -0.4 is 14.8 Å². The number of aromatic nitrogens is 1. The summed E-state index contributed by atoms with van der Waals surface area (Å²) in [6, 6.07) is 7.93. The summed E-state index contributed by atoms with van der Waals surface area (Å²) in [5.41, 5.74) is 1.19. The van der Waals surface area contributed by atoms with E-state index < -0.39 is 0 Å². The van der Waals surface area contributed by atoms with Crippen molar-refractivity contribution in [2.75, 3.05) is 19.0 Å². The Labute approximate surface area is 168 Å². The van der Waals surface area contributed by atoms with Crippen molar-refractivity contribution in [1.29, 1.82) is 5.26 Å². The summed E-state index contributed by atoms with van der Waals surface area (Å²) in [6.07, 6.45) is 4.62. The summed E-state index contributed by atoms with van der Waals surface area (Å²) in [4.78, 5) is 17.0. The average molecular weight is 398 g/mol. The molecule has 1 fully saturated rings. The quantitative estimate of drug-likeness (QED) is 0.793. The Hall–Kier alpha value is -2.46. The van der Waals surface area contributed by atoms with Gasteiger partial charge >= 0.3 is 0 Å². The lowest BCUT2D eigenvalue weighted by atomic mass is 9.86. The molecule has 2 atom stereocenters. The van der Waals surface area contributed by atoms with Crippen LogP contribution in [0.5, 0.6) is 11.5 Å². The van der Waals surface area contributed by atoms with Crippen molar-refractivity contribution >= 4 is 28.6 Å². The topological polar surface area (TPSA) is 84.2 Å². The fourth-order valence-electron chi connectivity index (χ4n) is 3.80. The van der Waals surface area contributed by atoms with Crippen molar-refractivity contribution in [2.24, 2.45) is 5.92 Å². The smallest absolute Gasteiger partial charge is 0.230 e. The number of nitrogens with zero attached hydrogens (tertiary/aromatic N) is 2. The Morgan fingerprint density at radius 2 is 2.00 bits per heavy atom. The Balaban J connectivity index is 1.49. The number of pyridine rings is 1. The molecule has 1 amide bonds. The fraction of sp³-hybridized carbons (Fsp3) is 0.476. The lowest BCUT2D eigenvalue weighted by Crippen LogP contribution is -2.41. The van der Waals surface area contributed by atoms with Crippen LogP contribution in [0.25, 0.3) is 10.9 Å². The van der Waals surface area contributed by atoms with Crippen LogP contribution in [-0.2, 0) is 4.79 Å². The monoisotopic (exact) mass is 397 g/mol. The number of carbonyl (C=O) groups is 1. The molecule has 7 heteroatoms. The second-order valence-electron chi connectivity index (χ2n) is 7.37. The summed E-state index contributed by atoms with van der Waals surface area (Å²) in [7, 11) is 0. The van der Waals surface area contributed by atoms with Gasteiger partial charge in [0, 0.05) is 17.5 Å². The van der Waals surface area contributed by atoms with Crippen LogP contribution in [0.1, 0.15) is 38.2 Å². The number of hydrogen-bond acceptors (Lipinski definition) is 6. The maximum Gasteiger partial charge on any atom is 0.230 e. The maximum absolute atomic E-state index is 12.4. The molecular formula is C21H23N3O3S. The molecule has 0 spiro atoms. The molecule has 28 heavy (non-hydrogen) atoms. The molecule has 0 bridgehead atoms. The molecule has 2 aromatic rings. The largest absolute Gasteiger partial charge is 0.486 e. The molecule has 2 heterocycles. The third kappa shape index (κ3) is 4.02. The van der Waals surface area contributed by atoms with E-state index in [1.807, 2.05) is 12.1 Å². The Morgan fingerprint density at radius 1 is 1.25 bits per heavy atom. The maximum atomic E-state index is 12.4. The zero-order valence-corrected chi connectivity index (χ0v) is 16.7. The van der Waals surface area contributed by atoms with Crippen molar-refractivity contribution in [2.45, 2.75) is 43.7 Å². The molecule has 0 saturated heterocycles. The van der Waals surface area contributed by atoms with Crippen LogP contribution in [0.3, 0.4) is 0 Å². The van der Waals surface area contributed by atoms with E-state index >= 15 is 0 Å². The molecule has 146 valence electrons. The Kier molecular flexibility index (Phi) is 5.58. The fourth-order valence-corrected chi connectivity index (χ4v) is 4.57. The summed E-state index contributed by atoms with van der Waals surface area (Å²) in [5.74, 6) is 2.10. The summed E-state index contributed by atoms with van der Waals surface area (Å²) in [5, 5.41) is 14.1. The van der Waals surface area contributed by atoms with Crippen molar-refractivity contribution in [3.05, 3.63) is 23.8 Å². The molecule has 2 aliphatic rings. The first-order valence-electron chi connectivity index (χ1n) is 9.70. The van der Waals surface area contributed by atoms with Crippen LogP contribution in [0.15, 0.2) is 23.2 Å². The van der Waals surface area contributed by atoms with Crippen LogP contribution in [-0.4, -0.2) is 35.9 Å². The number of carbonyl (C=O) groups excluding carboxylic acids is 1. The Morgan fingerprint density at radius 3 is 2.75 bits per heavy atom. The first-order valence-corrected chi connectivity index (χ1v) is 10.7. The number of amides is 1. The van der Waals surface area contributed by atoms with Crippen LogP contribution in [0.4, 0.5) is 0 Å². The number of hydrogen-bond donors (Lipinski definition) is 1. The number of nitrogens with one attached hydrogen (secondary N) is 1. The van der Waals surface area contributed by atoms with E-state index in [1.165, 1.54) is 31.0 Å². The highest BCUT2D eigenvalue weighted by Gasteiger charge is 2.23. The summed E-state index contributed by atoms with van der Waals surface area (Å²) < 4.78 is 11.2. The molecule has 1 aromatic heterocycles. The lowest BCUT2D eigenvalue weighted by molar-refractivity contribution is -0.119. The van der Waals surface area contributed by atoms with Crippen molar-refractivity contribution in [3.63, 3.8) is 0 Å². The number of fused-ring (bicyclic) bond motifs is 2. The highest BCUT2D eigenvalue weighted by atomic mass is 32.2. The summed E-state index contributed by atoms with van der Waals surface area (Å²) >= 11 is 1.30. The van der Waals surface area contributed by atoms with Gasteiger partial charge in [0.2, 0.25) is 5.91 Å². The van der Waals surface area contributed by atoms with Gasteiger partial charge in [0.05, 0.1) is 16.8 Å². The van der Waals surface area contributed by atoms with Gasteiger partial charge in [-0.2, -0.15) is 5.26 Å². The van der Waals surface area contributed by atoms with Gasteiger partial charge in [-0.1, -0.05) is 31.5 Å². The highest BCUT2D eigenvalue weighted by Crippen LogP contribution is 2.35. The minimum Gasteiger partial charge on any atom is -0.486 e. The van der Waals surface area contributed by atoms with E-state index in [0.29, 0.717) is 41.2 Å². The molecule has 0 unspecified atom stereocenters. The number of nitriles is 1. The number of rotatable bonds is 4. The molecule has 1 aliphatic heterocycles. The van der Waals surface area contributed by atoms with Crippen molar-refractivity contribution in [1.82, 2.24) is 10.3 Å². The lowest BCUT2D eigenvalue weighted by Gasteiger charge is -2.29. The minimum absolute atomic E-state index is 0.00305. The predicted molar refractivity (Wildman–Crippen MR) is 108 cm³/mol. The minimum atomic E-state index is -0.00305. The average Bonchev–Trinajstić information content (AvgIpc) is 2.71. The number of benzene rings is 1. The molecule has 6 nitrogen and oxygen atoms in total.